The summed E-state index contributed by atoms with van der Waals surface area (Å²) in [5.74, 6) is -0.609. The Morgan fingerprint density at radius 1 is 1.52 bits per heavy atom. The topological polar surface area (TPSA) is 76.9 Å². The van der Waals surface area contributed by atoms with E-state index in [1.54, 1.807) is 12.1 Å². The quantitative estimate of drug-likeness (QED) is 0.494. The van der Waals surface area contributed by atoms with Gasteiger partial charge in [-0.2, -0.15) is 0 Å². The predicted molar refractivity (Wildman–Crippen MR) is 84.1 cm³/mol. The number of hydrogen-bond donors (Lipinski definition) is 2. The fourth-order valence-electron chi connectivity index (χ4n) is 2.97. The molecular formula is C17H21FN2O3. The molecule has 2 fully saturated rings. The molecule has 0 aromatic heterocycles. The summed E-state index contributed by atoms with van der Waals surface area (Å²) >= 11 is 0. The summed E-state index contributed by atoms with van der Waals surface area (Å²) in [5, 5.41) is 2.78. The van der Waals surface area contributed by atoms with Crippen LogP contribution in [0.1, 0.15) is 24.8 Å². The van der Waals surface area contributed by atoms with E-state index in [0.717, 1.165) is 19.4 Å². The van der Waals surface area contributed by atoms with Crippen LogP contribution in [0.2, 0.25) is 0 Å². The molecule has 124 valence electrons. The van der Waals surface area contributed by atoms with Crippen molar-refractivity contribution in [3.63, 3.8) is 0 Å². The average Bonchev–Trinajstić information content (AvgIpc) is 3.26. The van der Waals surface area contributed by atoms with Gasteiger partial charge in [-0.1, -0.05) is 12.1 Å². The molecule has 0 unspecified atom stereocenters. The molecule has 0 aliphatic carbocycles. The van der Waals surface area contributed by atoms with E-state index >= 15 is 0 Å². The minimum atomic E-state index is -0.478. The Morgan fingerprint density at radius 3 is 2.96 bits per heavy atom. The van der Waals surface area contributed by atoms with Crippen molar-refractivity contribution in [2.75, 3.05) is 12.3 Å². The number of nitrogen functional groups attached to an aromatic ring is 1. The molecule has 6 heteroatoms. The van der Waals surface area contributed by atoms with E-state index in [0.29, 0.717) is 5.56 Å². The summed E-state index contributed by atoms with van der Waals surface area (Å²) in [6.45, 7) is 4.74. The molecule has 2 aliphatic heterocycles. The Morgan fingerprint density at radius 2 is 2.30 bits per heavy atom. The highest BCUT2D eigenvalue weighted by Gasteiger charge is 2.51. The van der Waals surface area contributed by atoms with Gasteiger partial charge in [0, 0.05) is 19.4 Å². The van der Waals surface area contributed by atoms with Gasteiger partial charge in [0.15, 0.2) is 0 Å². The molecule has 1 amide bonds. The molecule has 1 aromatic rings. The van der Waals surface area contributed by atoms with Crippen molar-refractivity contribution in [2.24, 2.45) is 0 Å². The number of carbonyl (C=O) groups excluding carboxylic acids is 1. The molecule has 5 nitrogen and oxygen atoms in total. The maximum absolute atomic E-state index is 13.4. The summed E-state index contributed by atoms with van der Waals surface area (Å²) in [5.41, 5.74) is 6.07. The molecule has 0 radical (unpaired) electrons. The van der Waals surface area contributed by atoms with Crippen molar-refractivity contribution in [1.82, 2.24) is 5.32 Å². The lowest BCUT2D eigenvalue weighted by Crippen LogP contribution is -2.39. The van der Waals surface area contributed by atoms with Gasteiger partial charge in [0.2, 0.25) is 5.91 Å². The summed E-state index contributed by atoms with van der Waals surface area (Å²) in [6.07, 6.45) is 3.28. The third-order valence-electron chi connectivity index (χ3n) is 4.32. The van der Waals surface area contributed by atoms with Gasteiger partial charge in [-0.15, -0.1) is 6.58 Å². The lowest BCUT2D eigenvalue weighted by atomic mass is 9.90. The minimum Gasteiger partial charge on any atom is -0.396 e. The number of ether oxygens (including phenoxy) is 2. The van der Waals surface area contributed by atoms with Crippen LogP contribution in [-0.2, 0) is 20.8 Å². The second-order valence-electron chi connectivity index (χ2n) is 6.25. The van der Waals surface area contributed by atoms with Crippen molar-refractivity contribution in [1.29, 1.82) is 0 Å². The Balaban J connectivity index is 1.50. The van der Waals surface area contributed by atoms with Crippen LogP contribution in [0.15, 0.2) is 30.9 Å². The van der Waals surface area contributed by atoms with Crippen LogP contribution in [0.25, 0.3) is 0 Å². The second-order valence-corrected chi connectivity index (χ2v) is 6.25. The highest BCUT2D eigenvalue weighted by molar-refractivity contribution is 5.76. The SMILES string of the molecule is C=C[C@@H]1C[C@]2(CO2)C[C@@H](CC(=O)NCc2ccc(N)c(F)c2)O1. The van der Waals surface area contributed by atoms with Crippen molar-refractivity contribution in [2.45, 2.75) is 43.6 Å². The van der Waals surface area contributed by atoms with Crippen molar-refractivity contribution >= 4 is 11.6 Å². The number of carbonyl (C=O) groups is 1. The lowest BCUT2D eigenvalue weighted by molar-refractivity contribution is -0.127. The van der Waals surface area contributed by atoms with Crippen molar-refractivity contribution in [3.8, 4) is 0 Å². The third-order valence-corrected chi connectivity index (χ3v) is 4.32. The van der Waals surface area contributed by atoms with E-state index in [1.807, 2.05) is 0 Å². The van der Waals surface area contributed by atoms with E-state index in [1.165, 1.54) is 12.1 Å². The maximum Gasteiger partial charge on any atom is 0.222 e. The van der Waals surface area contributed by atoms with Crippen LogP contribution >= 0.6 is 0 Å². The van der Waals surface area contributed by atoms with Gasteiger partial charge >= 0.3 is 0 Å². The fourth-order valence-corrected chi connectivity index (χ4v) is 2.97. The van der Waals surface area contributed by atoms with Gasteiger partial charge in [0.25, 0.3) is 0 Å². The average molecular weight is 320 g/mol. The van der Waals surface area contributed by atoms with Gasteiger partial charge in [0.05, 0.1) is 36.5 Å². The molecule has 1 spiro atoms. The number of benzene rings is 1. The number of epoxide rings is 1. The number of anilines is 1. The molecule has 2 aliphatic rings. The normalized spacial score (nSPS) is 29.3. The molecule has 1 aromatic carbocycles. The van der Waals surface area contributed by atoms with Crippen LogP contribution in [0, 0.1) is 5.82 Å². The maximum atomic E-state index is 13.4. The summed E-state index contributed by atoms with van der Waals surface area (Å²) in [6, 6.07) is 4.51. The molecule has 23 heavy (non-hydrogen) atoms. The number of nitrogens with two attached hydrogens (primary N) is 1. The van der Waals surface area contributed by atoms with Crippen molar-refractivity contribution in [3.05, 3.63) is 42.2 Å². The summed E-state index contributed by atoms with van der Waals surface area (Å²) in [7, 11) is 0. The summed E-state index contributed by atoms with van der Waals surface area (Å²) < 4.78 is 24.7. The van der Waals surface area contributed by atoms with E-state index in [9.17, 15) is 9.18 Å². The van der Waals surface area contributed by atoms with E-state index in [-0.39, 0.29) is 42.4 Å². The highest BCUT2D eigenvalue weighted by Crippen LogP contribution is 2.42. The largest absolute Gasteiger partial charge is 0.396 e. The number of hydrogen-bond acceptors (Lipinski definition) is 4. The first kappa shape index (κ1) is 16.0. The molecule has 2 saturated heterocycles. The van der Waals surface area contributed by atoms with Crippen LogP contribution in [0.4, 0.5) is 10.1 Å². The minimum absolute atomic E-state index is 0.0738. The third kappa shape index (κ3) is 3.89. The smallest absolute Gasteiger partial charge is 0.222 e. The zero-order valence-electron chi connectivity index (χ0n) is 12.9. The molecular weight excluding hydrogens is 299 g/mol. The van der Waals surface area contributed by atoms with Crippen LogP contribution < -0.4 is 11.1 Å². The van der Waals surface area contributed by atoms with E-state index in [2.05, 4.69) is 11.9 Å². The van der Waals surface area contributed by atoms with Gasteiger partial charge < -0.3 is 20.5 Å². The monoisotopic (exact) mass is 320 g/mol. The molecule has 3 atom stereocenters. The first-order valence-electron chi connectivity index (χ1n) is 7.72. The number of rotatable bonds is 5. The Labute approximate surface area is 134 Å². The van der Waals surface area contributed by atoms with Gasteiger partial charge in [-0.05, 0) is 17.7 Å². The van der Waals surface area contributed by atoms with Crippen molar-refractivity contribution < 1.29 is 18.7 Å². The lowest BCUT2D eigenvalue weighted by Gasteiger charge is -2.32. The Bertz CT molecular complexity index is 616. The fraction of sp³-hybridized carbons (Fsp3) is 0.471. The number of nitrogens with one attached hydrogen (secondary N) is 1. The van der Waals surface area contributed by atoms with E-state index in [4.69, 9.17) is 15.2 Å². The van der Waals surface area contributed by atoms with Crippen LogP contribution in [0.3, 0.4) is 0 Å². The van der Waals surface area contributed by atoms with Gasteiger partial charge in [-0.25, -0.2) is 4.39 Å². The Kier molecular flexibility index (Phi) is 4.37. The molecule has 3 N–H and O–H groups in total. The van der Waals surface area contributed by atoms with Gasteiger partial charge in [0.1, 0.15) is 5.82 Å². The van der Waals surface area contributed by atoms with Crippen LogP contribution in [-0.4, -0.2) is 30.3 Å². The first-order chi connectivity index (χ1) is 11.0. The van der Waals surface area contributed by atoms with Crippen LogP contribution in [0.5, 0.6) is 0 Å². The zero-order valence-corrected chi connectivity index (χ0v) is 12.9. The molecule has 3 rings (SSSR count). The number of halogens is 1. The van der Waals surface area contributed by atoms with Gasteiger partial charge in [-0.3, -0.25) is 4.79 Å². The molecule has 0 saturated carbocycles. The Hall–Kier alpha value is -1.92. The van der Waals surface area contributed by atoms with E-state index < -0.39 is 5.82 Å². The molecule has 2 heterocycles. The predicted octanol–water partition coefficient (Wildman–Crippen LogP) is 1.92. The first-order valence-corrected chi connectivity index (χ1v) is 7.72. The zero-order chi connectivity index (χ0) is 16.4. The summed E-state index contributed by atoms with van der Waals surface area (Å²) in [4.78, 5) is 12.1. The molecule has 0 bridgehead atoms. The second kappa shape index (κ2) is 6.29. The highest BCUT2D eigenvalue weighted by atomic mass is 19.1. The number of amides is 1. The standard InChI is InChI=1S/C17H21FN2O3/c1-2-12-7-17(10-22-17)8-13(23-12)6-16(21)20-9-11-3-4-15(19)14(18)5-11/h2-5,12-13H,1,6-10,19H2,(H,20,21)/t12-,13-,17-/m1/s1.